The first-order valence-corrected chi connectivity index (χ1v) is 22.2. The minimum Gasteiger partial charge on any atom is -0.505 e. The van der Waals surface area contributed by atoms with Crippen LogP contribution in [-0.2, 0) is 53.0 Å². The summed E-state index contributed by atoms with van der Waals surface area (Å²) in [5, 5.41) is 49.3. The van der Waals surface area contributed by atoms with E-state index in [-0.39, 0.29) is 78.3 Å². The lowest BCUT2D eigenvalue weighted by atomic mass is 10.1. The third kappa shape index (κ3) is 10.9. The van der Waals surface area contributed by atoms with Crippen molar-refractivity contribution in [2.24, 2.45) is 10.2 Å². The zero-order valence-electron chi connectivity index (χ0n) is 29.3. The summed E-state index contributed by atoms with van der Waals surface area (Å²) < 4.78 is 107. The third-order valence-electron chi connectivity index (χ3n) is 7.80. The molecular formula is C31H24ClN7O16S5. The van der Waals surface area contributed by atoms with Crippen LogP contribution in [0.2, 0.25) is 5.28 Å². The van der Waals surface area contributed by atoms with Crippen molar-refractivity contribution in [3.05, 3.63) is 84.1 Å². The SMILES string of the molecule is O=S(=O)(O)c1cccc(Nc2nc(Cl)nc(Nc3ccc4c(O)c(N=Nc5ccc6cc(S(=O)(=O)CCOSOOO)ccc6c5S(=O)(=O)O)c(SOOO)cc4c3)n2)c1. The molecule has 60 heavy (non-hydrogen) atoms. The van der Waals surface area contributed by atoms with Crippen molar-refractivity contribution in [2.45, 2.75) is 19.6 Å². The van der Waals surface area contributed by atoms with Crippen LogP contribution in [-0.4, -0.2) is 77.3 Å². The average molecular weight is 946 g/mol. The van der Waals surface area contributed by atoms with Crippen molar-refractivity contribution in [3.8, 4) is 5.75 Å². The molecule has 29 heteroatoms. The van der Waals surface area contributed by atoms with Gasteiger partial charge in [0.1, 0.15) is 16.3 Å². The summed E-state index contributed by atoms with van der Waals surface area (Å²) >= 11 is 6.67. The van der Waals surface area contributed by atoms with E-state index in [0.717, 1.165) is 24.3 Å². The highest BCUT2D eigenvalue weighted by Crippen LogP contribution is 2.45. The second kappa shape index (κ2) is 18.8. The fourth-order valence-electron chi connectivity index (χ4n) is 5.34. The van der Waals surface area contributed by atoms with E-state index in [1.807, 2.05) is 0 Å². The number of hydrogen-bond acceptors (Lipinski definition) is 23. The van der Waals surface area contributed by atoms with Gasteiger partial charge >= 0.3 is 0 Å². The second-order valence-electron chi connectivity index (χ2n) is 11.6. The number of benzene rings is 5. The maximum Gasteiger partial charge on any atom is 0.297 e. The molecule has 0 unspecified atom stereocenters. The number of aromatic nitrogens is 3. The van der Waals surface area contributed by atoms with Gasteiger partial charge in [0.05, 0.1) is 39.1 Å². The monoisotopic (exact) mass is 945 g/mol. The molecule has 0 aliphatic heterocycles. The number of nitrogens with zero attached hydrogens (tertiary/aromatic N) is 5. The molecule has 0 spiro atoms. The van der Waals surface area contributed by atoms with Gasteiger partial charge in [0.25, 0.3) is 20.2 Å². The molecule has 6 aromatic rings. The standard InChI is InChI=1S/C31H24ClN7O16S5/c32-29-35-30(33-18-2-1-3-21(15-18)59(45,46)47)37-31(36-29)34-19-5-7-22-17(12-19)14-25(56-54-52-41)26(27(22)40)39-38-24-9-4-16-13-20(6-8-23(16)28(24)60(48,49)50)58(43,44)11-10-51-57-55-53-42/h1-9,12-15,40-42H,10-11H2,(H,45,46,47)(H,48,49,50)(H2,33,34,35,36,37). The van der Waals surface area contributed by atoms with Gasteiger partial charge in [-0.25, -0.2) is 18.9 Å². The highest BCUT2D eigenvalue weighted by molar-refractivity contribution is 7.94. The van der Waals surface area contributed by atoms with Crippen LogP contribution in [0.3, 0.4) is 0 Å². The number of azo groups is 1. The molecule has 0 fully saturated rings. The van der Waals surface area contributed by atoms with E-state index < -0.39 is 52.2 Å². The summed E-state index contributed by atoms with van der Waals surface area (Å²) in [4.78, 5) is 10.9. The van der Waals surface area contributed by atoms with Gasteiger partial charge < -0.3 is 15.7 Å². The first-order chi connectivity index (χ1) is 28.5. The molecule has 5 aromatic carbocycles. The van der Waals surface area contributed by atoms with Crippen molar-refractivity contribution in [1.29, 1.82) is 0 Å². The van der Waals surface area contributed by atoms with Gasteiger partial charge in [-0.2, -0.15) is 31.8 Å². The zero-order chi connectivity index (χ0) is 43.2. The van der Waals surface area contributed by atoms with Gasteiger partial charge in [-0.15, -0.1) is 18.9 Å². The van der Waals surface area contributed by atoms with Gasteiger partial charge in [0, 0.05) is 22.1 Å². The first kappa shape index (κ1) is 44.7. The number of sulfone groups is 1. The summed E-state index contributed by atoms with van der Waals surface area (Å²) in [6.07, 6.45) is 0. The van der Waals surface area contributed by atoms with E-state index in [0.29, 0.717) is 23.1 Å². The van der Waals surface area contributed by atoms with Crippen molar-refractivity contribution in [1.82, 2.24) is 15.0 Å². The number of hydrogen-bond donors (Lipinski definition) is 7. The fourth-order valence-corrected chi connectivity index (χ4v) is 8.80. The topological polar surface area (TPSA) is 337 Å². The molecule has 23 nitrogen and oxygen atoms in total. The molecule has 1 heterocycles. The number of anilines is 4. The van der Waals surface area contributed by atoms with Crippen LogP contribution in [0, 0.1) is 0 Å². The summed E-state index contributed by atoms with van der Waals surface area (Å²) in [5.74, 6) is -1.21. The lowest BCUT2D eigenvalue weighted by molar-refractivity contribution is -0.434. The fraction of sp³-hybridized carbons (Fsp3) is 0.0645. The van der Waals surface area contributed by atoms with E-state index in [1.165, 1.54) is 54.6 Å². The number of fused-ring (bicyclic) bond motifs is 2. The normalized spacial score (nSPS) is 12.4. The Bertz CT molecular complexity index is 2970. The van der Waals surface area contributed by atoms with Gasteiger partial charge in [0.2, 0.25) is 17.2 Å². The minimum absolute atomic E-state index is 0.0290. The molecule has 0 bridgehead atoms. The molecule has 1 aromatic heterocycles. The highest BCUT2D eigenvalue weighted by Gasteiger charge is 2.23. The number of phenols is 1. The van der Waals surface area contributed by atoms with Crippen molar-refractivity contribution >= 4 is 122 Å². The summed E-state index contributed by atoms with van der Waals surface area (Å²) in [7, 11) is -13.5. The Labute approximate surface area is 351 Å². The van der Waals surface area contributed by atoms with E-state index in [4.69, 9.17) is 26.3 Å². The van der Waals surface area contributed by atoms with Crippen LogP contribution >= 0.6 is 36.0 Å². The van der Waals surface area contributed by atoms with E-state index in [9.17, 15) is 39.5 Å². The predicted molar refractivity (Wildman–Crippen MR) is 212 cm³/mol. The maximum atomic E-state index is 12.9. The minimum atomic E-state index is -5.05. The Morgan fingerprint density at radius 1 is 0.717 bits per heavy atom. The largest absolute Gasteiger partial charge is 0.505 e. The van der Waals surface area contributed by atoms with Gasteiger partial charge in [0.15, 0.2) is 27.9 Å². The van der Waals surface area contributed by atoms with Gasteiger partial charge in [-0.05, 0) is 83.0 Å². The Morgan fingerprint density at radius 2 is 1.42 bits per heavy atom. The molecule has 0 atom stereocenters. The van der Waals surface area contributed by atoms with E-state index in [2.05, 4.69) is 54.6 Å². The van der Waals surface area contributed by atoms with Crippen molar-refractivity contribution < 1.29 is 72.9 Å². The number of rotatable bonds is 18. The molecule has 0 radical (unpaired) electrons. The summed E-state index contributed by atoms with van der Waals surface area (Å²) in [6, 6.07) is 17.0. The molecule has 316 valence electrons. The Morgan fingerprint density at radius 3 is 2.10 bits per heavy atom. The van der Waals surface area contributed by atoms with Crippen LogP contribution < -0.4 is 10.6 Å². The molecule has 0 amide bonds. The second-order valence-corrected chi connectivity index (χ2v) is 18.0. The van der Waals surface area contributed by atoms with Crippen LogP contribution in [0.4, 0.5) is 34.6 Å². The molecule has 0 aliphatic rings. The Hall–Kier alpha value is -4.89. The first-order valence-electron chi connectivity index (χ1n) is 15.9. The van der Waals surface area contributed by atoms with Crippen molar-refractivity contribution in [3.63, 3.8) is 0 Å². The smallest absolute Gasteiger partial charge is 0.297 e. The lowest BCUT2D eigenvalue weighted by Gasteiger charge is -2.12. The van der Waals surface area contributed by atoms with Gasteiger partial charge in [-0.3, -0.25) is 13.3 Å². The lowest BCUT2D eigenvalue weighted by Crippen LogP contribution is -2.11. The van der Waals surface area contributed by atoms with Crippen molar-refractivity contribution in [2.75, 3.05) is 23.0 Å². The highest BCUT2D eigenvalue weighted by atomic mass is 35.5. The molecule has 7 N–H and O–H groups in total. The molecule has 6 rings (SSSR count). The summed E-state index contributed by atoms with van der Waals surface area (Å²) in [5.41, 5.74) is -0.177. The zero-order valence-corrected chi connectivity index (χ0v) is 34.1. The molecular weight excluding hydrogens is 922 g/mol. The average Bonchev–Trinajstić information content (AvgIpc) is 3.18. The van der Waals surface area contributed by atoms with Crippen LogP contribution in [0.25, 0.3) is 21.5 Å². The summed E-state index contributed by atoms with van der Waals surface area (Å²) in [6.45, 7) is -0.377. The Kier molecular flexibility index (Phi) is 14.0. The molecule has 0 saturated heterocycles. The predicted octanol–water partition coefficient (Wildman–Crippen LogP) is 7.14. The van der Waals surface area contributed by atoms with Crippen LogP contribution in [0.15, 0.2) is 109 Å². The quantitative estimate of drug-likeness (QED) is 0.0112. The van der Waals surface area contributed by atoms with E-state index in [1.54, 1.807) is 0 Å². The number of aromatic hydroxyl groups is 1. The number of nitrogens with one attached hydrogen (secondary N) is 2. The maximum absolute atomic E-state index is 12.9. The van der Waals surface area contributed by atoms with Crippen LogP contribution in [0.5, 0.6) is 5.75 Å². The third-order valence-corrected chi connectivity index (χ3v) is 12.4. The van der Waals surface area contributed by atoms with Gasteiger partial charge in [-0.1, -0.05) is 28.3 Å². The molecule has 0 saturated carbocycles. The van der Waals surface area contributed by atoms with E-state index >= 15 is 0 Å². The van der Waals surface area contributed by atoms with Crippen LogP contribution in [0.1, 0.15) is 0 Å². The number of halogens is 1. The Balaban J connectivity index is 1.31. The number of phenolic OH excluding ortho intramolecular Hbond substituents is 1. The molecule has 0 aliphatic carbocycles.